The average molecular weight is 267 g/mol. The van der Waals surface area contributed by atoms with E-state index in [1.54, 1.807) is 17.1 Å². The number of fused-ring (bicyclic) bond motifs is 1. The Labute approximate surface area is 115 Å². The topological polar surface area (TPSA) is 57.0 Å². The monoisotopic (exact) mass is 267 g/mol. The lowest BCUT2D eigenvalue weighted by Gasteiger charge is -2.16. The van der Waals surface area contributed by atoms with Crippen molar-refractivity contribution in [3.05, 3.63) is 65.2 Å². The van der Waals surface area contributed by atoms with Crippen LogP contribution in [0.4, 0.5) is 0 Å². The molecule has 0 bridgehead atoms. The molecule has 0 aliphatic rings. The van der Waals surface area contributed by atoms with Crippen molar-refractivity contribution in [2.24, 2.45) is 0 Å². The molecule has 5 nitrogen and oxygen atoms in total. The van der Waals surface area contributed by atoms with Gasteiger partial charge >= 0.3 is 0 Å². The summed E-state index contributed by atoms with van der Waals surface area (Å²) in [5.74, 6) is 0.735. The van der Waals surface area contributed by atoms with Crippen LogP contribution >= 0.6 is 0 Å². The molecule has 100 valence electrons. The Kier molecular flexibility index (Phi) is 3.16. The smallest absolute Gasteiger partial charge is 0.200 e. The molecule has 2 heterocycles. The molecule has 3 rings (SSSR count). The van der Waals surface area contributed by atoms with Crippen molar-refractivity contribution in [2.75, 3.05) is 0 Å². The molecule has 1 unspecified atom stereocenters. The van der Waals surface area contributed by atoms with Gasteiger partial charge in [-0.05, 0) is 31.2 Å². The molecule has 2 aromatic heterocycles. The minimum Gasteiger partial charge on any atom is -0.469 e. The van der Waals surface area contributed by atoms with Crippen LogP contribution in [0.2, 0.25) is 0 Å². The Morgan fingerprint density at radius 1 is 1.25 bits per heavy atom. The number of rotatable bonds is 3. The van der Waals surface area contributed by atoms with Crippen molar-refractivity contribution in [1.29, 1.82) is 0 Å². The van der Waals surface area contributed by atoms with Gasteiger partial charge in [-0.1, -0.05) is 6.07 Å². The molecule has 0 amide bonds. The van der Waals surface area contributed by atoms with Gasteiger partial charge in [-0.25, -0.2) is 4.68 Å². The lowest BCUT2D eigenvalue weighted by molar-refractivity contribution is 0.136. The summed E-state index contributed by atoms with van der Waals surface area (Å²) in [4.78, 5) is 15.3. The predicted molar refractivity (Wildman–Crippen MR) is 75.6 cm³/mol. The first-order chi connectivity index (χ1) is 9.72. The van der Waals surface area contributed by atoms with E-state index < -0.39 is 0 Å². The van der Waals surface area contributed by atoms with Gasteiger partial charge in [0, 0.05) is 23.8 Å². The predicted octanol–water partition coefficient (Wildman–Crippen LogP) is 2.39. The zero-order chi connectivity index (χ0) is 13.9. The molecule has 1 aromatic carbocycles. The number of hydrogen-bond donors (Lipinski definition) is 0. The van der Waals surface area contributed by atoms with Gasteiger partial charge in [0.1, 0.15) is 5.75 Å². The van der Waals surface area contributed by atoms with E-state index in [0.717, 1.165) is 16.7 Å². The minimum atomic E-state index is -0.301. The normalized spacial score (nSPS) is 12.2. The third kappa shape index (κ3) is 2.51. The molecule has 5 heteroatoms. The van der Waals surface area contributed by atoms with Gasteiger partial charge in [-0.2, -0.15) is 5.10 Å². The highest BCUT2D eigenvalue weighted by atomic mass is 16.5. The zero-order valence-corrected chi connectivity index (χ0v) is 10.9. The third-order valence-electron chi connectivity index (χ3n) is 2.96. The number of benzene rings is 1. The largest absolute Gasteiger partial charge is 0.469 e. The van der Waals surface area contributed by atoms with E-state index in [1.165, 1.54) is 12.3 Å². The third-order valence-corrected chi connectivity index (χ3v) is 2.96. The maximum Gasteiger partial charge on any atom is 0.200 e. The van der Waals surface area contributed by atoms with Crippen molar-refractivity contribution in [1.82, 2.24) is 14.8 Å². The summed E-state index contributed by atoms with van der Waals surface area (Å²) in [6.45, 7) is 1.87. The molecule has 0 aliphatic heterocycles. The van der Waals surface area contributed by atoms with Gasteiger partial charge in [0.15, 0.2) is 11.7 Å². The van der Waals surface area contributed by atoms with Crippen LogP contribution in [0, 0.1) is 0 Å². The molecule has 0 radical (unpaired) electrons. The molecule has 1 atom stereocenters. The average Bonchev–Trinajstić information content (AvgIpc) is 2.48. The summed E-state index contributed by atoms with van der Waals surface area (Å²) in [5, 5.41) is 5.02. The van der Waals surface area contributed by atoms with Crippen molar-refractivity contribution in [3.63, 3.8) is 0 Å². The van der Waals surface area contributed by atoms with Gasteiger partial charge < -0.3 is 4.74 Å². The van der Waals surface area contributed by atoms with E-state index in [2.05, 4.69) is 10.1 Å². The van der Waals surface area contributed by atoms with Crippen molar-refractivity contribution >= 4 is 10.9 Å². The molecule has 20 heavy (non-hydrogen) atoms. The molecule has 3 aromatic rings. The van der Waals surface area contributed by atoms with E-state index in [1.807, 2.05) is 37.3 Å². The lowest BCUT2D eigenvalue weighted by Crippen LogP contribution is -2.17. The number of aromatic nitrogens is 3. The van der Waals surface area contributed by atoms with Gasteiger partial charge in [-0.15, -0.1) is 0 Å². The van der Waals surface area contributed by atoms with Crippen molar-refractivity contribution < 1.29 is 4.74 Å². The van der Waals surface area contributed by atoms with E-state index in [9.17, 15) is 4.79 Å². The van der Waals surface area contributed by atoms with E-state index in [4.69, 9.17) is 4.74 Å². The minimum absolute atomic E-state index is 0.120. The molecule has 0 fully saturated rings. The second-order valence-corrected chi connectivity index (χ2v) is 4.42. The van der Waals surface area contributed by atoms with E-state index in [-0.39, 0.29) is 11.7 Å². The first kappa shape index (κ1) is 12.3. The van der Waals surface area contributed by atoms with Crippen LogP contribution < -0.4 is 10.2 Å². The molecule has 0 saturated carbocycles. The zero-order valence-electron chi connectivity index (χ0n) is 10.9. The van der Waals surface area contributed by atoms with Gasteiger partial charge in [0.05, 0.1) is 11.7 Å². The Balaban J connectivity index is 1.85. The standard InChI is InChI=1S/C15H13N3O2/c1-11(18-8-6-13(19)10-17-18)20-14-4-5-15-12(9-14)3-2-7-16-15/h2-11H,1H3. The Morgan fingerprint density at radius 3 is 2.95 bits per heavy atom. The van der Waals surface area contributed by atoms with Crippen LogP contribution in [0.3, 0.4) is 0 Å². The number of ether oxygens (including phenoxy) is 1. The summed E-state index contributed by atoms with van der Waals surface area (Å²) < 4.78 is 7.41. The van der Waals surface area contributed by atoms with Crippen LogP contribution in [-0.4, -0.2) is 14.8 Å². The number of nitrogens with zero attached hydrogens (tertiary/aromatic N) is 3. The quantitative estimate of drug-likeness (QED) is 0.731. The maximum absolute atomic E-state index is 11.0. The molecular formula is C15H13N3O2. The number of hydrogen-bond acceptors (Lipinski definition) is 4. The molecule has 0 spiro atoms. The molecule has 0 aliphatic carbocycles. The van der Waals surface area contributed by atoms with Crippen molar-refractivity contribution in [2.45, 2.75) is 13.2 Å². The Bertz CT molecular complexity index is 778. The van der Waals surface area contributed by atoms with Crippen LogP contribution in [0.15, 0.2) is 59.8 Å². The second-order valence-electron chi connectivity index (χ2n) is 4.42. The van der Waals surface area contributed by atoms with Crippen LogP contribution in [0.25, 0.3) is 10.9 Å². The second kappa shape index (κ2) is 5.13. The summed E-state index contributed by atoms with van der Waals surface area (Å²) in [6, 6.07) is 11.0. The summed E-state index contributed by atoms with van der Waals surface area (Å²) in [5.41, 5.74) is 0.805. The summed E-state index contributed by atoms with van der Waals surface area (Å²) in [7, 11) is 0. The Hall–Kier alpha value is -2.69. The van der Waals surface area contributed by atoms with Crippen LogP contribution in [-0.2, 0) is 0 Å². The van der Waals surface area contributed by atoms with Crippen molar-refractivity contribution in [3.8, 4) is 5.75 Å². The van der Waals surface area contributed by atoms with Gasteiger partial charge in [-0.3, -0.25) is 9.78 Å². The van der Waals surface area contributed by atoms with E-state index >= 15 is 0 Å². The number of pyridine rings is 1. The molecular weight excluding hydrogens is 254 g/mol. The Morgan fingerprint density at radius 2 is 2.15 bits per heavy atom. The fourth-order valence-electron chi connectivity index (χ4n) is 1.95. The van der Waals surface area contributed by atoms with Gasteiger partial charge in [0.25, 0.3) is 0 Å². The fourth-order valence-corrected chi connectivity index (χ4v) is 1.95. The fraction of sp³-hybridized carbons (Fsp3) is 0.133. The highest BCUT2D eigenvalue weighted by Gasteiger charge is 2.06. The highest BCUT2D eigenvalue weighted by Crippen LogP contribution is 2.21. The first-order valence-electron chi connectivity index (χ1n) is 6.28. The molecule has 0 N–H and O–H groups in total. The SMILES string of the molecule is CC(Oc1ccc2ncccc2c1)n1ccc(=O)cn1. The summed E-state index contributed by atoms with van der Waals surface area (Å²) >= 11 is 0. The first-order valence-corrected chi connectivity index (χ1v) is 6.28. The van der Waals surface area contributed by atoms with E-state index in [0.29, 0.717) is 0 Å². The van der Waals surface area contributed by atoms with Crippen LogP contribution in [0.5, 0.6) is 5.75 Å². The van der Waals surface area contributed by atoms with Crippen LogP contribution in [0.1, 0.15) is 13.2 Å². The lowest BCUT2D eigenvalue weighted by atomic mass is 10.2. The highest BCUT2D eigenvalue weighted by molar-refractivity contribution is 5.79. The molecule has 0 saturated heterocycles. The van der Waals surface area contributed by atoms with Gasteiger partial charge in [0.2, 0.25) is 0 Å². The summed E-state index contributed by atoms with van der Waals surface area (Å²) in [6.07, 6.45) is 4.33. The maximum atomic E-state index is 11.0.